The molecular formula is C17H27NO2. The smallest absolute Gasteiger partial charge is 0.119 e. The van der Waals surface area contributed by atoms with Crippen LogP contribution in [-0.4, -0.2) is 25.4 Å². The summed E-state index contributed by atoms with van der Waals surface area (Å²) in [7, 11) is 0. The highest BCUT2D eigenvalue weighted by Crippen LogP contribution is 2.21. The van der Waals surface area contributed by atoms with Gasteiger partial charge in [0, 0.05) is 6.04 Å². The first-order chi connectivity index (χ1) is 9.69. The molecule has 20 heavy (non-hydrogen) atoms. The van der Waals surface area contributed by atoms with E-state index in [4.69, 9.17) is 9.47 Å². The molecule has 1 saturated heterocycles. The number of hydrogen-bond acceptors (Lipinski definition) is 3. The van der Waals surface area contributed by atoms with Crippen LogP contribution in [0.3, 0.4) is 0 Å². The third kappa shape index (κ3) is 4.50. The van der Waals surface area contributed by atoms with E-state index < -0.39 is 0 Å². The minimum absolute atomic E-state index is 0.259. The van der Waals surface area contributed by atoms with Crippen LogP contribution in [0.25, 0.3) is 0 Å². The van der Waals surface area contributed by atoms with E-state index in [1.165, 1.54) is 5.56 Å². The summed E-state index contributed by atoms with van der Waals surface area (Å²) in [6, 6.07) is 8.78. The minimum Gasteiger partial charge on any atom is -0.491 e. The number of ether oxygens (including phenoxy) is 2. The molecule has 0 aliphatic carbocycles. The molecule has 0 spiro atoms. The van der Waals surface area contributed by atoms with Gasteiger partial charge in [-0.25, -0.2) is 0 Å². The average molecular weight is 277 g/mol. The van der Waals surface area contributed by atoms with E-state index in [1.54, 1.807) is 0 Å². The van der Waals surface area contributed by atoms with Crippen LogP contribution in [-0.2, 0) is 4.74 Å². The normalized spacial score (nSPS) is 23.8. The minimum atomic E-state index is 0.259. The third-order valence-electron chi connectivity index (χ3n) is 3.84. The Morgan fingerprint density at radius 2 is 2.05 bits per heavy atom. The van der Waals surface area contributed by atoms with E-state index in [1.807, 2.05) is 0 Å². The Hall–Kier alpha value is -1.06. The summed E-state index contributed by atoms with van der Waals surface area (Å²) >= 11 is 0. The van der Waals surface area contributed by atoms with Crippen molar-refractivity contribution in [2.75, 3.05) is 13.2 Å². The maximum Gasteiger partial charge on any atom is 0.119 e. The molecule has 3 heteroatoms. The fraction of sp³-hybridized carbons (Fsp3) is 0.647. The Balaban J connectivity index is 1.79. The highest BCUT2D eigenvalue weighted by Gasteiger charge is 2.22. The molecule has 3 nitrogen and oxygen atoms in total. The van der Waals surface area contributed by atoms with Crippen molar-refractivity contribution in [2.45, 2.75) is 58.3 Å². The van der Waals surface area contributed by atoms with Crippen LogP contribution in [0.2, 0.25) is 0 Å². The SMILES string of the molecule is CCCNC(C)c1ccc(OCC2CCC(C)O2)cc1. The van der Waals surface area contributed by atoms with Gasteiger partial charge in [-0.15, -0.1) is 0 Å². The van der Waals surface area contributed by atoms with E-state index in [-0.39, 0.29) is 6.10 Å². The van der Waals surface area contributed by atoms with Gasteiger partial charge in [0.05, 0.1) is 12.2 Å². The Morgan fingerprint density at radius 1 is 1.30 bits per heavy atom. The molecule has 2 rings (SSSR count). The first-order valence-corrected chi connectivity index (χ1v) is 7.80. The number of benzene rings is 1. The first kappa shape index (κ1) is 15.3. The second-order valence-electron chi connectivity index (χ2n) is 5.70. The van der Waals surface area contributed by atoms with Crippen molar-refractivity contribution in [3.63, 3.8) is 0 Å². The molecule has 0 saturated carbocycles. The Labute approximate surface area is 122 Å². The number of nitrogens with one attached hydrogen (secondary N) is 1. The highest BCUT2D eigenvalue weighted by molar-refractivity contribution is 5.29. The van der Waals surface area contributed by atoms with Crippen LogP contribution in [0.1, 0.15) is 51.6 Å². The van der Waals surface area contributed by atoms with Crippen LogP contribution in [0.15, 0.2) is 24.3 Å². The van der Waals surface area contributed by atoms with Crippen LogP contribution >= 0.6 is 0 Å². The van der Waals surface area contributed by atoms with Gasteiger partial charge in [-0.3, -0.25) is 0 Å². The third-order valence-corrected chi connectivity index (χ3v) is 3.84. The summed E-state index contributed by atoms with van der Waals surface area (Å²) in [6.45, 7) is 8.21. The number of hydrogen-bond donors (Lipinski definition) is 1. The van der Waals surface area contributed by atoms with Gasteiger partial charge >= 0.3 is 0 Å². The van der Waals surface area contributed by atoms with Crippen molar-refractivity contribution < 1.29 is 9.47 Å². The summed E-state index contributed by atoms with van der Waals surface area (Å²) < 4.78 is 11.6. The standard InChI is InChI=1S/C17H27NO2/c1-4-11-18-14(3)15-6-9-16(10-7-15)19-12-17-8-5-13(2)20-17/h6-7,9-10,13-14,17-18H,4-5,8,11-12H2,1-3H3. The van der Waals surface area contributed by atoms with Gasteiger partial charge in [-0.1, -0.05) is 19.1 Å². The van der Waals surface area contributed by atoms with Gasteiger partial charge in [0.2, 0.25) is 0 Å². The molecule has 0 radical (unpaired) electrons. The second kappa shape index (κ2) is 7.65. The summed E-state index contributed by atoms with van der Waals surface area (Å²) in [5.41, 5.74) is 1.30. The van der Waals surface area contributed by atoms with Crippen molar-refractivity contribution in [3.05, 3.63) is 29.8 Å². The Morgan fingerprint density at radius 3 is 2.65 bits per heavy atom. The van der Waals surface area contributed by atoms with Crippen molar-refractivity contribution in [3.8, 4) is 5.75 Å². The lowest BCUT2D eigenvalue weighted by atomic mass is 10.1. The molecule has 3 unspecified atom stereocenters. The van der Waals surface area contributed by atoms with E-state index in [9.17, 15) is 0 Å². The summed E-state index contributed by atoms with van der Waals surface area (Å²) in [5, 5.41) is 3.49. The van der Waals surface area contributed by atoms with Crippen molar-refractivity contribution in [2.24, 2.45) is 0 Å². The predicted molar refractivity (Wildman–Crippen MR) is 82.2 cm³/mol. The number of rotatable bonds is 7. The lowest BCUT2D eigenvalue weighted by molar-refractivity contribution is 0.0264. The van der Waals surface area contributed by atoms with Gasteiger partial charge in [0.15, 0.2) is 0 Å². The van der Waals surface area contributed by atoms with Crippen LogP contribution in [0.4, 0.5) is 0 Å². The maximum absolute atomic E-state index is 5.81. The molecular weight excluding hydrogens is 250 g/mol. The molecule has 1 heterocycles. The molecule has 1 aromatic rings. The molecule has 1 aromatic carbocycles. The van der Waals surface area contributed by atoms with Crippen LogP contribution < -0.4 is 10.1 Å². The lowest BCUT2D eigenvalue weighted by Gasteiger charge is -2.15. The largest absolute Gasteiger partial charge is 0.491 e. The lowest BCUT2D eigenvalue weighted by Crippen LogP contribution is -2.19. The van der Waals surface area contributed by atoms with Crippen LogP contribution in [0.5, 0.6) is 5.75 Å². The molecule has 1 N–H and O–H groups in total. The van der Waals surface area contributed by atoms with Crippen LogP contribution in [0, 0.1) is 0 Å². The monoisotopic (exact) mass is 277 g/mol. The van der Waals surface area contributed by atoms with E-state index in [0.717, 1.165) is 31.6 Å². The molecule has 112 valence electrons. The van der Waals surface area contributed by atoms with Crippen molar-refractivity contribution >= 4 is 0 Å². The molecule has 0 amide bonds. The van der Waals surface area contributed by atoms with Crippen molar-refractivity contribution in [1.29, 1.82) is 0 Å². The van der Waals surface area contributed by atoms with Gasteiger partial charge < -0.3 is 14.8 Å². The molecule has 1 fully saturated rings. The fourth-order valence-electron chi connectivity index (χ4n) is 2.53. The first-order valence-electron chi connectivity index (χ1n) is 7.80. The van der Waals surface area contributed by atoms with Gasteiger partial charge in [0.25, 0.3) is 0 Å². The summed E-state index contributed by atoms with van der Waals surface area (Å²) in [4.78, 5) is 0. The molecule has 0 aromatic heterocycles. The summed E-state index contributed by atoms with van der Waals surface area (Å²) in [6.07, 6.45) is 4.06. The highest BCUT2D eigenvalue weighted by atomic mass is 16.5. The van der Waals surface area contributed by atoms with E-state index in [0.29, 0.717) is 18.8 Å². The van der Waals surface area contributed by atoms with E-state index in [2.05, 4.69) is 50.4 Å². The summed E-state index contributed by atoms with van der Waals surface area (Å²) in [5.74, 6) is 0.930. The van der Waals surface area contributed by atoms with Crippen molar-refractivity contribution in [1.82, 2.24) is 5.32 Å². The topological polar surface area (TPSA) is 30.5 Å². The van der Waals surface area contributed by atoms with Gasteiger partial charge in [-0.2, -0.15) is 0 Å². The van der Waals surface area contributed by atoms with Gasteiger partial charge in [-0.05, 0) is 57.4 Å². The zero-order valence-electron chi connectivity index (χ0n) is 12.9. The Bertz CT molecular complexity index is 390. The molecule has 1 aliphatic rings. The molecule has 3 atom stereocenters. The second-order valence-corrected chi connectivity index (χ2v) is 5.70. The molecule has 1 aliphatic heterocycles. The zero-order chi connectivity index (χ0) is 14.4. The maximum atomic E-state index is 5.81. The Kier molecular flexibility index (Phi) is 5.86. The predicted octanol–water partition coefficient (Wildman–Crippen LogP) is 3.69. The zero-order valence-corrected chi connectivity index (χ0v) is 12.9. The average Bonchev–Trinajstić information content (AvgIpc) is 2.89. The molecule has 0 bridgehead atoms. The fourth-order valence-corrected chi connectivity index (χ4v) is 2.53. The van der Waals surface area contributed by atoms with E-state index >= 15 is 0 Å². The quantitative estimate of drug-likeness (QED) is 0.824. The van der Waals surface area contributed by atoms with Gasteiger partial charge in [0.1, 0.15) is 12.4 Å².